The zero-order valence-corrected chi connectivity index (χ0v) is 6.29. The number of hydrogen-bond acceptors (Lipinski definition) is 4. The van der Waals surface area contributed by atoms with E-state index in [1.807, 2.05) is 18.2 Å². The van der Waals surface area contributed by atoms with Crippen molar-refractivity contribution in [3.8, 4) is 0 Å². The predicted octanol–water partition coefficient (Wildman–Crippen LogP) is -0.266. The molecule has 0 bridgehead atoms. The van der Waals surface area contributed by atoms with Crippen LogP contribution in [0.5, 0.6) is 0 Å². The second-order valence-corrected chi connectivity index (χ2v) is 1.75. The average Bonchev–Trinajstić information content (AvgIpc) is 2.24. The standard InChI is InChI=1S/C5H5N.B3O3/c2*1-2-4-6-5-3-1/h1-5H;. The Labute approximate surface area is 72.8 Å². The summed E-state index contributed by atoms with van der Waals surface area (Å²) in [6.45, 7) is 0. The van der Waals surface area contributed by atoms with Crippen LogP contribution in [0, 0.1) is 0 Å². The molecule has 12 heavy (non-hydrogen) atoms. The van der Waals surface area contributed by atoms with E-state index < -0.39 is 0 Å². The van der Waals surface area contributed by atoms with Gasteiger partial charge in [0.1, 0.15) is 7.06 Å². The lowest BCUT2D eigenvalue weighted by Gasteiger charge is -2.04. The fourth-order valence-corrected chi connectivity index (χ4v) is 0.477. The number of nitrogens with zero attached hydrogens (tertiary/aromatic N) is 1. The summed E-state index contributed by atoms with van der Waals surface area (Å²) < 4.78 is 0. The van der Waals surface area contributed by atoms with Crippen LogP contribution < -0.4 is 0 Å². The van der Waals surface area contributed by atoms with E-state index in [2.05, 4.69) is 19.6 Å². The lowest BCUT2D eigenvalue weighted by atomic mass is 9.32. The molecule has 4 nitrogen and oxygen atoms in total. The van der Waals surface area contributed by atoms with Gasteiger partial charge in [0.25, 0.3) is 14.7 Å². The molecule has 0 spiro atoms. The van der Waals surface area contributed by atoms with Crippen molar-refractivity contribution in [2.24, 2.45) is 0 Å². The number of hydrogen-bond donors (Lipinski definition) is 0. The summed E-state index contributed by atoms with van der Waals surface area (Å²) in [5.74, 6) is 0. The molecule has 7 heteroatoms. The second-order valence-electron chi connectivity index (χ2n) is 1.75. The minimum absolute atomic E-state index is 1.36. The zero-order valence-electron chi connectivity index (χ0n) is 6.29. The molecule has 1 aliphatic rings. The van der Waals surface area contributed by atoms with E-state index in [-0.39, 0.29) is 0 Å². The fourth-order valence-electron chi connectivity index (χ4n) is 0.477. The van der Waals surface area contributed by atoms with Crippen molar-refractivity contribution in [2.75, 3.05) is 0 Å². The van der Waals surface area contributed by atoms with E-state index in [0.29, 0.717) is 0 Å². The van der Waals surface area contributed by atoms with E-state index in [1.54, 1.807) is 19.5 Å². The maximum absolute atomic E-state index is 4.14. The van der Waals surface area contributed by atoms with Crippen molar-refractivity contribution >= 4 is 21.8 Å². The van der Waals surface area contributed by atoms with Crippen molar-refractivity contribution in [3.63, 3.8) is 0 Å². The molecule has 1 saturated heterocycles. The van der Waals surface area contributed by atoms with Crippen molar-refractivity contribution in [2.45, 2.75) is 0 Å². The topological polar surface area (TPSA) is 40.6 Å². The van der Waals surface area contributed by atoms with Gasteiger partial charge in [-0.05, 0) is 12.1 Å². The zero-order chi connectivity index (χ0) is 8.49. The van der Waals surface area contributed by atoms with Crippen LogP contribution in [-0.4, -0.2) is 26.8 Å². The molecule has 3 radical (unpaired) electrons. The highest BCUT2D eigenvalue weighted by molar-refractivity contribution is 7.26. The molecule has 1 fully saturated rings. The SMILES string of the molecule is [B]1[B]OOO[B]1.c1ccncc1. The molecule has 1 aromatic rings. The molecule has 2 heterocycles. The molecular weight excluding hydrogens is 154 g/mol. The summed E-state index contributed by atoms with van der Waals surface area (Å²) in [6, 6.07) is 5.72. The third kappa shape index (κ3) is 4.95. The number of rotatable bonds is 0. The Kier molecular flexibility index (Phi) is 5.36. The lowest BCUT2D eigenvalue weighted by Crippen LogP contribution is -2.25. The van der Waals surface area contributed by atoms with Crippen molar-refractivity contribution in [3.05, 3.63) is 30.6 Å². The van der Waals surface area contributed by atoms with Gasteiger partial charge in [0, 0.05) is 12.4 Å². The van der Waals surface area contributed by atoms with Gasteiger partial charge < -0.3 is 0 Å². The molecule has 1 aromatic heterocycles. The molecule has 0 aliphatic carbocycles. The Morgan fingerprint density at radius 1 is 0.917 bits per heavy atom. The lowest BCUT2D eigenvalue weighted by molar-refractivity contribution is -0.417. The molecule has 2 rings (SSSR count). The molecule has 0 unspecified atom stereocenters. The molecule has 0 aromatic carbocycles. The Morgan fingerprint density at radius 2 is 1.58 bits per heavy atom. The molecular formula is C5H5B3NO3. The van der Waals surface area contributed by atoms with E-state index >= 15 is 0 Å². The summed E-state index contributed by atoms with van der Waals surface area (Å²) in [7, 11) is 4.30. The van der Waals surface area contributed by atoms with Crippen molar-refractivity contribution in [1.29, 1.82) is 0 Å². The Balaban J connectivity index is 0.000000120. The molecule has 0 saturated carbocycles. The highest BCUT2D eigenvalue weighted by atomic mass is 17.5. The summed E-state index contributed by atoms with van der Waals surface area (Å²) in [5, 5.41) is 3.93. The average molecular weight is 160 g/mol. The van der Waals surface area contributed by atoms with Crippen LogP contribution in [0.15, 0.2) is 30.6 Å². The van der Waals surface area contributed by atoms with E-state index in [1.165, 1.54) is 14.7 Å². The fraction of sp³-hybridized carbons (Fsp3) is 0. The highest BCUT2D eigenvalue weighted by Crippen LogP contribution is 1.80. The Morgan fingerprint density at radius 3 is 1.75 bits per heavy atom. The number of aromatic nitrogens is 1. The van der Waals surface area contributed by atoms with Crippen LogP contribution in [-0.2, 0) is 14.6 Å². The number of pyridine rings is 1. The van der Waals surface area contributed by atoms with Crippen LogP contribution in [0.1, 0.15) is 0 Å². The third-order valence-corrected chi connectivity index (χ3v) is 0.913. The van der Waals surface area contributed by atoms with Gasteiger partial charge in [0.2, 0.25) is 0 Å². The second kappa shape index (κ2) is 6.91. The summed E-state index contributed by atoms with van der Waals surface area (Å²) in [6.07, 6.45) is 3.50. The van der Waals surface area contributed by atoms with Gasteiger partial charge in [0.15, 0.2) is 0 Å². The maximum atomic E-state index is 4.14. The van der Waals surface area contributed by atoms with E-state index in [9.17, 15) is 0 Å². The first kappa shape index (κ1) is 9.31. The Bertz CT molecular complexity index is 146. The van der Waals surface area contributed by atoms with Crippen molar-refractivity contribution < 1.29 is 14.6 Å². The first-order valence-corrected chi connectivity index (χ1v) is 3.32. The van der Waals surface area contributed by atoms with Gasteiger partial charge in [-0.15, -0.1) is 5.04 Å². The molecule has 57 valence electrons. The highest BCUT2D eigenvalue weighted by Gasteiger charge is 2.04. The molecule has 1 aliphatic heterocycles. The van der Waals surface area contributed by atoms with Gasteiger partial charge in [-0.1, -0.05) is 6.07 Å². The summed E-state index contributed by atoms with van der Waals surface area (Å²) in [4.78, 5) is 12.1. The van der Waals surface area contributed by atoms with Gasteiger partial charge in [-0.2, -0.15) is 0 Å². The van der Waals surface area contributed by atoms with Gasteiger partial charge in [0.05, 0.1) is 0 Å². The minimum atomic E-state index is 1.36. The largest absolute Gasteiger partial charge is 0.295 e. The molecule has 0 amide bonds. The van der Waals surface area contributed by atoms with Gasteiger partial charge >= 0.3 is 0 Å². The van der Waals surface area contributed by atoms with Gasteiger partial charge in [-0.25, -0.2) is 0 Å². The van der Waals surface area contributed by atoms with Crippen LogP contribution in [0.2, 0.25) is 0 Å². The van der Waals surface area contributed by atoms with E-state index in [0.717, 1.165) is 0 Å². The Hall–Kier alpha value is -0.775. The van der Waals surface area contributed by atoms with Crippen LogP contribution in [0.3, 0.4) is 0 Å². The monoisotopic (exact) mass is 160 g/mol. The first-order chi connectivity index (χ1) is 6.00. The predicted molar refractivity (Wildman–Crippen MR) is 44.8 cm³/mol. The van der Waals surface area contributed by atoms with E-state index in [4.69, 9.17) is 0 Å². The molecule has 0 atom stereocenters. The summed E-state index contributed by atoms with van der Waals surface area (Å²) >= 11 is 0. The minimum Gasteiger partial charge on any atom is -0.295 e. The first-order valence-electron chi connectivity index (χ1n) is 3.32. The van der Waals surface area contributed by atoms with Crippen molar-refractivity contribution in [1.82, 2.24) is 4.98 Å². The third-order valence-electron chi connectivity index (χ3n) is 0.913. The summed E-state index contributed by atoms with van der Waals surface area (Å²) in [5.41, 5.74) is 0. The van der Waals surface area contributed by atoms with Crippen LogP contribution in [0.4, 0.5) is 0 Å². The smallest absolute Gasteiger partial charge is 0.289 e. The van der Waals surface area contributed by atoms with Crippen LogP contribution in [0.25, 0.3) is 0 Å². The quantitative estimate of drug-likeness (QED) is 0.386. The van der Waals surface area contributed by atoms with Gasteiger partial charge in [-0.3, -0.25) is 14.6 Å². The molecule has 0 N–H and O–H groups in total. The van der Waals surface area contributed by atoms with Crippen LogP contribution >= 0.6 is 0 Å². The maximum Gasteiger partial charge on any atom is 0.289 e. The normalized spacial score (nSPS) is 14.0.